The number of benzene rings is 1. The molecule has 0 heterocycles. The highest BCUT2D eigenvalue weighted by Crippen LogP contribution is 2.22. The summed E-state index contributed by atoms with van der Waals surface area (Å²) in [4.78, 5) is 0. The summed E-state index contributed by atoms with van der Waals surface area (Å²) in [5.41, 5.74) is 0. The fourth-order valence-corrected chi connectivity index (χ4v) is 5.92. The highest BCUT2D eigenvalue weighted by atomic mass is 35.6. The molecule has 0 saturated heterocycles. The monoisotopic (exact) mass is 312 g/mol. The normalized spacial score (nSPS) is 14.2. The van der Waals surface area contributed by atoms with Crippen LogP contribution in [0.1, 0.15) is 58.8 Å². The highest BCUT2D eigenvalue weighted by molar-refractivity contribution is 7.23. The van der Waals surface area contributed by atoms with Crippen molar-refractivity contribution >= 4 is 23.9 Å². The zero-order chi connectivity index (χ0) is 14.7. The van der Waals surface area contributed by atoms with Crippen molar-refractivity contribution in [3.05, 3.63) is 30.3 Å². The van der Waals surface area contributed by atoms with Crippen molar-refractivity contribution in [2.24, 2.45) is 0 Å². The summed E-state index contributed by atoms with van der Waals surface area (Å²) >= 11 is 6.90. The van der Waals surface area contributed by atoms with Gasteiger partial charge >= 0.3 is 7.63 Å². The number of unbranched alkanes of at least 4 members (excludes halogenated alkanes) is 5. The Labute approximate surface area is 130 Å². The van der Waals surface area contributed by atoms with E-state index in [1.54, 1.807) is 0 Å². The Balaban J connectivity index is 2.47. The summed E-state index contributed by atoms with van der Waals surface area (Å²) in [7, 11) is -2.24. The summed E-state index contributed by atoms with van der Waals surface area (Å²) in [6, 6.07) is 11.5. The van der Waals surface area contributed by atoms with Gasteiger partial charge in [0.2, 0.25) is 0 Å². The lowest BCUT2D eigenvalue weighted by atomic mass is 10.1. The van der Waals surface area contributed by atoms with Gasteiger partial charge in [0, 0.05) is 6.61 Å². The van der Waals surface area contributed by atoms with Crippen LogP contribution < -0.4 is 5.19 Å². The van der Waals surface area contributed by atoms with E-state index < -0.39 is 7.63 Å². The minimum atomic E-state index is -2.24. The molecule has 0 amide bonds. The van der Waals surface area contributed by atoms with Gasteiger partial charge in [0.1, 0.15) is 0 Å². The number of rotatable bonds is 11. The average molecular weight is 313 g/mol. The minimum Gasteiger partial charge on any atom is -0.400 e. The van der Waals surface area contributed by atoms with E-state index in [0.29, 0.717) is 0 Å². The molecule has 1 rings (SSSR count). The molecule has 20 heavy (non-hydrogen) atoms. The average Bonchev–Trinajstić information content (AvgIpc) is 2.49. The van der Waals surface area contributed by atoms with Crippen molar-refractivity contribution in [2.75, 3.05) is 6.61 Å². The summed E-state index contributed by atoms with van der Waals surface area (Å²) in [6.07, 6.45) is 8.85. The first-order valence-corrected chi connectivity index (χ1v) is 11.2. The molecule has 0 saturated carbocycles. The van der Waals surface area contributed by atoms with E-state index >= 15 is 0 Å². The second-order valence-corrected chi connectivity index (χ2v) is 10.1. The van der Waals surface area contributed by atoms with Crippen LogP contribution in [0.2, 0.25) is 6.04 Å². The number of hydrogen-bond acceptors (Lipinski definition) is 1. The Morgan fingerprint density at radius 1 is 0.900 bits per heavy atom. The van der Waals surface area contributed by atoms with E-state index in [0.717, 1.165) is 19.1 Å². The first-order valence-electron chi connectivity index (χ1n) is 8.11. The predicted molar refractivity (Wildman–Crippen MR) is 92.1 cm³/mol. The molecular formula is C17H29ClOSi. The van der Waals surface area contributed by atoms with E-state index in [4.69, 9.17) is 15.5 Å². The molecule has 0 aliphatic carbocycles. The molecule has 114 valence electrons. The molecule has 0 spiro atoms. The lowest BCUT2D eigenvalue weighted by Gasteiger charge is -2.25. The van der Waals surface area contributed by atoms with Crippen LogP contribution in [0.3, 0.4) is 0 Å². The Bertz CT molecular complexity index is 344. The van der Waals surface area contributed by atoms with Crippen molar-refractivity contribution in [2.45, 2.75) is 64.8 Å². The molecule has 1 atom stereocenters. The third-order valence-electron chi connectivity index (χ3n) is 3.59. The van der Waals surface area contributed by atoms with Gasteiger partial charge in [0.25, 0.3) is 0 Å². The van der Waals surface area contributed by atoms with Crippen molar-refractivity contribution in [1.29, 1.82) is 0 Å². The molecule has 0 aliphatic heterocycles. The maximum absolute atomic E-state index is 6.90. The lowest BCUT2D eigenvalue weighted by molar-refractivity contribution is 0.318. The van der Waals surface area contributed by atoms with Crippen molar-refractivity contribution in [3.8, 4) is 0 Å². The molecule has 0 radical (unpaired) electrons. The molecule has 1 nitrogen and oxygen atoms in total. The van der Waals surface area contributed by atoms with E-state index in [2.05, 4.69) is 38.1 Å². The third-order valence-corrected chi connectivity index (χ3v) is 7.99. The van der Waals surface area contributed by atoms with Crippen molar-refractivity contribution < 1.29 is 4.43 Å². The zero-order valence-electron chi connectivity index (χ0n) is 13.0. The molecule has 0 bridgehead atoms. The smallest absolute Gasteiger partial charge is 0.322 e. The van der Waals surface area contributed by atoms with Crippen LogP contribution in [0.5, 0.6) is 0 Å². The van der Waals surface area contributed by atoms with E-state index in [1.807, 2.05) is 6.07 Å². The van der Waals surface area contributed by atoms with Crippen LogP contribution >= 0.6 is 11.1 Å². The van der Waals surface area contributed by atoms with Crippen molar-refractivity contribution in [1.82, 2.24) is 0 Å². The SMILES string of the molecule is CCCCCCCC[Si](Cl)(OCCC)c1ccccc1. The lowest BCUT2D eigenvalue weighted by Crippen LogP contribution is -2.45. The Morgan fingerprint density at radius 3 is 2.20 bits per heavy atom. The van der Waals surface area contributed by atoms with Gasteiger partial charge in [0.15, 0.2) is 0 Å². The zero-order valence-corrected chi connectivity index (χ0v) is 14.8. The molecular weight excluding hydrogens is 284 g/mol. The molecule has 3 heteroatoms. The van der Waals surface area contributed by atoms with Gasteiger partial charge in [-0.1, -0.05) is 82.7 Å². The van der Waals surface area contributed by atoms with E-state index in [1.165, 1.54) is 43.7 Å². The Hall–Kier alpha value is -0.313. The summed E-state index contributed by atoms with van der Waals surface area (Å²) in [6.45, 7) is 5.17. The second-order valence-electron chi connectivity index (χ2n) is 5.46. The van der Waals surface area contributed by atoms with Gasteiger partial charge in [-0.3, -0.25) is 0 Å². The van der Waals surface area contributed by atoms with Gasteiger partial charge in [0.05, 0.1) is 0 Å². The van der Waals surface area contributed by atoms with Crippen LogP contribution in [0.15, 0.2) is 30.3 Å². The number of halogens is 1. The predicted octanol–water partition coefficient (Wildman–Crippen LogP) is 5.36. The molecule has 0 aliphatic rings. The molecule has 1 aromatic carbocycles. The topological polar surface area (TPSA) is 9.23 Å². The van der Waals surface area contributed by atoms with Crippen molar-refractivity contribution in [3.63, 3.8) is 0 Å². The van der Waals surface area contributed by atoms with Crippen LogP contribution in [0.4, 0.5) is 0 Å². The highest BCUT2D eigenvalue weighted by Gasteiger charge is 2.34. The summed E-state index contributed by atoms with van der Waals surface area (Å²) < 4.78 is 6.10. The van der Waals surface area contributed by atoms with Gasteiger partial charge in [-0.05, 0) is 17.7 Å². The molecule has 0 N–H and O–H groups in total. The second kappa shape index (κ2) is 10.4. The third kappa shape index (κ3) is 6.42. The standard InChI is InChI=1S/C17H29ClOSi/c1-3-5-6-7-8-12-16-20(18,19-15-4-2)17-13-10-9-11-14-17/h9-11,13-14H,3-8,12,15-16H2,1-2H3. The van der Waals surface area contributed by atoms with Gasteiger partial charge in [-0.25, -0.2) is 0 Å². The fourth-order valence-electron chi connectivity index (χ4n) is 2.38. The summed E-state index contributed by atoms with van der Waals surface area (Å²) in [5, 5.41) is 1.23. The van der Waals surface area contributed by atoms with E-state index in [-0.39, 0.29) is 0 Å². The van der Waals surface area contributed by atoms with Crippen LogP contribution in [-0.2, 0) is 4.43 Å². The first kappa shape index (κ1) is 17.7. The number of hydrogen-bond donors (Lipinski definition) is 0. The first-order chi connectivity index (χ1) is 9.73. The van der Waals surface area contributed by atoms with Crippen LogP contribution in [-0.4, -0.2) is 14.2 Å². The van der Waals surface area contributed by atoms with Crippen LogP contribution in [0, 0.1) is 0 Å². The minimum absolute atomic E-state index is 0.778. The molecule has 1 aromatic rings. The molecule has 0 aromatic heterocycles. The quantitative estimate of drug-likeness (QED) is 0.303. The summed E-state index contributed by atoms with van der Waals surface area (Å²) in [5.74, 6) is 0. The molecule has 1 unspecified atom stereocenters. The Kier molecular flexibility index (Phi) is 9.24. The Morgan fingerprint density at radius 2 is 1.55 bits per heavy atom. The maximum Gasteiger partial charge on any atom is 0.322 e. The maximum atomic E-state index is 6.90. The molecule has 0 fully saturated rings. The van der Waals surface area contributed by atoms with Gasteiger partial charge in [-0.2, -0.15) is 0 Å². The van der Waals surface area contributed by atoms with E-state index in [9.17, 15) is 0 Å². The fraction of sp³-hybridized carbons (Fsp3) is 0.647. The van der Waals surface area contributed by atoms with Gasteiger partial charge in [-0.15, -0.1) is 11.1 Å². The largest absolute Gasteiger partial charge is 0.400 e. The van der Waals surface area contributed by atoms with Crippen LogP contribution in [0.25, 0.3) is 0 Å². The van der Waals surface area contributed by atoms with Gasteiger partial charge < -0.3 is 4.43 Å².